The first-order valence-electron chi connectivity index (χ1n) is 5.71. The molecule has 0 fully saturated rings. The Labute approximate surface area is 102 Å². The number of allylic oxidation sites excluding steroid dienone is 1. The van der Waals surface area contributed by atoms with Gasteiger partial charge in [-0.1, -0.05) is 13.5 Å². The summed E-state index contributed by atoms with van der Waals surface area (Å²) in [4.78, 5) is 1.97. The van der Waals surface area contributed by atoms with E-state index in [-0.39, 0.29) is 0 Å². The van der Waals surface area contributed by atoms with Crippen LogP contribution < -0.4 is 0 Å². The minimum Gasteiger partial charge on any atom is -0.385 e. The van der Waals surface area contributed by atoms with E-state index in [1.165, 1.54) is 0 Å². The lowest BCUT2D eigenvalue weighted by Gasteiger charge is -2.08. The summed E-state index contributed by atoms with van der Waals surface area (Å²) in [6.45, 7) is 12.6. The number of nitrogens with zero attached hydrogens (tertiary/aromatic N) is 1. The molecule has 1 atom stereocenters. The highest BCUT2D eigenvalue weighted by Gasteiger charge is 1.88. The quantitative estimate of drug-likeness (QED) is 0.744. The molecule has 16 heavy (non-hydrogen) atoms. The summed E-state index contributed by atoms with van der Waals surface area (Å²) in [5, 5.41) is 0. The SMILES string of the molecule is C=C(C)N(C)C.CCC(C)OC.CCOC. The molecule has 0 rings (SSSR count). The zero-order valence-corrected chi connectivity index (χ0v) is 12.5. The van der Waals surface area contributed by atoms with Crippen molar-refractivity contribution in [3.8, 4) is 0 Å². The fourth-order valence-electron chi connectivity index (χ4n) is 0.167. The Kier molecular flexibility index (Phi) is 22.0. The van der Waals surface area contributed by atoms with Gasteiger partial charge in [-0.05, 0) is 27.2 Å². The Morgan fingerprint density at radius 2 is 1.56 bits per heavy atom. The first-order chi connectivity index (χ1) is 7.37. The lowest BCUT2D eigenvalue weighted by Crippen LogP contribution is -2.05. The third-order valence-corrected chi connectivity index (χ3v) is 2.03. The molecule has 0 bridgehead atoms. The first kappa shape index (κ1) is 20.8. The van der Waals surface area contributed by atoms with Crippen LogP contribution in [0.3, 0.4) is 0 Å². The van der Waals surface area contributed by atoms with Crippen molar-refractivity contribution in [1.29, 1.82) is 0 Å². The molecule has 0 heterocycles. The Balaban J connectivity index is -0.000000162. The third kappa shape index (κ3) is 29.2. The van der Waals surface area contributed by atoms with Crippen LogP contribution in [0.4, 0.5) is 0 Å². The Hall–Kier alpha value is -0.540. The fraction of sp³-hybridized carbons (Fsp3) is 0.846. The molecule has 100 valence electrons. The minimum atomic E-state index is 0.435. The van der Waals surface area contributed by atoms with Crippen LogP contribution in [0.5, 0.6) is 0 Å². The number of hydrogen-bond donors (Lipinski definition) is 0. The van der Waals surface area contributed by atoms with Gasteiger partial charge in [0, 0.05) is 40.6 Å². The fourth-order valence-corrected chi connectivity index (χ4v) is 0.167. The molecular formula is C13H31NO2. The molecule has 0 saturated heterocycles. The molecule has 0 radical (unpaired) electrons. The smallest absolute Gasteiger partial charge is 0.0540 e. The molecule has 0 spiro atoms. The Morgan fingerprint density at radius 1 is 1.25 bits per heavy atom. The number of ether oxygens (including phenoxy) is 2. The van der Waals surface area contributed by atoms with Crippen LogP contribution in [0.1, 0.15) is 34.1 Å². The molecule has 0 saturated carbocycles. The van der Waals surface area contributed by atoms with Crippen molar-refractivity contribution in [3.63, 3.8) is 0 Å². The van der Waals surface area contributed by atoms with Gasteiger partial charge in [-0.3, -0.25) is 0 Å². The molecule has 3 nitrogen and oxygen atoms in total. The van der Waals surface area contributed by atoms with Crippen LogP contribution >= 0.6 is 0 Å². The minimum absolute atomic E-state index is 0.435. The number of methoxy groups -OCH3 is 2. The van der Waals surface area contributed by atoms with Gasteiger partial charge in [0.1, 0.15) is 0 Å². The lowest BCUT2D eigenvalue weighted by atomic mass is 10.3. The van der Waals surface area contributed by atoms with E-state index >= 15 is 0 Å². The molecule has 0 N–H and O–H groups in total. The summed E-state index contributed by atoms with van der Waals surface area (Å²) in [6, 6.07) is 0. The van der Waals surface area contributed by atoms with E-state index in [9.17, 15) is 0 Å². The highest BCUT2D eigenvalue weighted by molar-refractivity contribution is 4.82. The van der Waals surface area contributed by atoms with Crippen molar-refractivity contribution >= 4 is 0 Å². The first-order valence-corrected chi connectivity index (χ1v) is 5.71. The molecule has 0 aliphatic carbocycles. The van der Waals surface area contributed by atoms with Crippen molar-refractivity contribution in [2.75, 3.05) is 34.9 Å². The summed E-state index contributed by atoms with van der Waals surface area (Å²) in [6.07, 6.45) is 1.54. The van der Waals surface area contributed by atoms with E-state index in [1.807, 2.05) is 32.8 Å². The van der Waals surface area contributed by atoms with E-state index in [1.54, 1.807) is 14.2 Å². The van der Waals surface area contributed by atoms with E-state index in [4.69, 9.17) is 4.74 Å². The second-order valence-corrected chi connectivity index (χ2v) is 3.66. The standard InChI is InChI=1S/C5H11N.C5H12O.C3H8O/c1-5(2)6(3)4;1-4-5(2)6-3;1-3-4-2/h1H2,2-4H3;5H,4H2,1-3H3;3H2,1-2H3. The van der Waals surface area contributed by atoms with Crippen LogP contribution in [-0.2, 0) is 9.47 Å². The Morgan fingerprint density at radius 3 is 1.56 bits per heavy atom. The third-order valence-electron chi connectivity index (χ3n) is 2.03. The largest absolute Gasteiger partial charge is 0.385 e. The van der Waals surface area contributed by atoms with Gasteiger partial charge in [-0.25, -0.2) is 0 Å². The van der Waals surface area contributed by atoms with E-state index in [0.29, 0.717) is 6.10 Å². The summed E-state index contributed by atoms with van der Waals surface area (Å²) < 4.78 is 9.44. The normalized spacial score (nSPS) is 10.2. The molecule has 0 aromatic rings. The maximum atomic E-state index is 4.90. The van der Waals surface area contributed by atoms with Gasteiger partial charge in [0.25, 0.3) is 0 Å². The highest BCUT2D eigenvalue weighted by atomic mass is 16.5. The number of rotatable bonds is 4. The van der Waals surface area contributed by atoms with E-state index < -0.39 is 0 Å². The predicted octanol–water partition coefficient (Wildman–Crippen LogP) is 3.17. The van der Waals surface area contributed by atoms with Crippen molar-refractivity contribution in [3.05, 3.63) is 12.3 Å². The highest BCUT2D eigenvalue weighted by Crippen LogP contribution is 1.90. The summed E-state index contributed by atoms with van der Waals surface area (Å²) >= 11 is 0. The van der Waals surface area contributed by atoms with Crippen LogP contribution in [0.15, 0.2) is 12.3 Å². The molecule has 0 amide bonds. The second kappa shape index (κ2) is 16.9. The van der Waals surface area contributed by atoms with Crippen LogP contribution in [0.2, 0.25) is 0 Å². The second-order valence-electron chi connectivity index (χ2n) is 3.66. The van der Waals surface area contributed by atoms with Crippen molar-refractivity contribution in [1.82, 2.24) is 4.90 Å². The van der Waals surface area contributed by atoms with Gasteiger partial charge in [0.15, 0.2) is 0 Å². The van der Waals surface area contributed by atoms with Crippen molar-refractivity contribution < 1.29 is 9.47 Å². The summed E-state index contributed by atoms with van der Waals surface area (Å²) in [7, 11) is 7.36. The summed E-state index contributed by atoms with van der Waals surface area (Å²) in [5.74, 6) is 0. The maximum Gasteiger partial charge on any atom is 0.0540 e. The molecule has 0 aromatic heterocycles. The lowest BCUT2D eigenvalue weighted by molar-refractivity contribution is 0.115. The van der Waals surface area contributed by atoms with Crippen LogP contribution in [0.25, 0.3) is 0 Å². The molecule has 0 aromatic carbocycles. The van der Waals surface area contributed by atoms with Gasteiger partial charge >= 0.3 is 0 Å². The molecule has 0 aliphatic heterocycles. The molecule has 1 unspecified atom stereocenters. The van der Waals surface area contributed by atoms with Gasteiger partial charge in [-0.15, -0.1) is 0 Å². The zero-order chi connectivity index (χ0) is 13.6. The van der Waals surface area contributed by atoms with Crippen molar-refractivity contribution in [2.24, 2.45) is 0 Å². The molecular weight excluding hydrogens is 202 g/mol. The van der Waals surface area contributed by atoms with E-state index in [0.717, 1.165) is 18.7 Å². The van der Waals surface area contributed by atoms with Crippen LogP contribution in [0, 0.1) is 0 Å². The Bertz CT molecular complexity index is 130. The van der Waals surface area contributed by atoms with Gasteiger partial charge in [-0.2, -0.15) is 0 Å². The monoisotopic (exact) mass is 233 g/mol. The van der Waals surface area contributed by atoms with Crippen LogP contribution in [-0.4, -0.2) is 45.9 Å². The molecule has 0 aliphatic rings. The topological polar surface area (TPSA) is 21.7 Å². The van der Waals surface area contributed by atoms with E-state index in [2.05, 4.69) is 25.2 Å². The van der Waals surface area contributed by atoms with Gasteiger partial charge in [0.2, 0.25) is 0 Å². The maximum absolute atomic E-state index is 4.90. The van der Waals surface area contributed by atoms with Crippen molar-refractivity contribution in [2.45, 2.75) is 40.2 Å². The summed E-state index contributed by atoms with van der Waals surface area (Å²) in [5.41, 5.74) is 1.09. The predicted molar refractivity (Wildman–Crippen MR) is 72.8 cm³/mol. The molecule has 3 heteroatoms. The van der Waals surface area contributed by atoms with Gasteiger partial charge in [0.05, 0.1) is 6.10 Å². The average molecular weight is 233 g/mol. The van der Waals surface area contributed by atoms with Gasteiger partial charge < -0.3 is 14.4 Å². The average Bonchev–Trinajstić information content (AvgIpc) is 2.28. The zero-order valence-electron chi connectivity index (χ0n) is 12.5. The number of hydrogen-bond acceptors (Lipinski definition) is 3.